The molecule has 0 amide bonds. The van der Waals surface area contributed by atoms with Crippen LogP contribution in [0.3, 0.4) is 0 Å². The number of alkyl halides is 3. The predicted octanol–water partition coefficient (Wildman–Crippen LogP) is 4.12. The molecule has 1 saturated carbocycles. The number of rotatable bonds is 6. The highest BCUT2D eigenvalue weighted by Gasteiger charge is 2.36. The number of hydrogen-bond acceptors (Lipinski definition) is 9. The summed E-state index contributed by atoms with van der Waals surface area (Å²) in [5, 5.41) is 19.7. The summed E-state index contributed by atoms with van der Waals surface area (Å²) in [6, 6.07) is 0.190. The molecule has 5 aromatic heterocycles. The molecular formula is C24H21ClF3N9O3. The first-order valence-electron chi connectivity index (χ1n) is 12.0. The van der Waals surface area contributed by atoms with Crippen molar-refractivity contribution in [2.75, 3.05) is 17.7 Å². The van der Waals surface area contributed by atoms with E-state index in [0.29, 0.717) is 22.6 Å². The van der Waals surface area contributed by atoms with Crippen LogP contribution in [-0.2, 0) is 13.2 Å². The Bertz CT molecular complexity index is 1830. The number of aliphatic hydroxyl groups is 1. The number of halogens is 4. The van der Waals surface area contributed by atoms with E-state index in [1.165, 1.54) is 17.0 Å². The lowest BCUT2D eigenvalue weighted by atomic mass is 9.89. The van der Waals surface area contributed by atoms with Gasteiger partial charge in [0.15, 0.2) is 28.5 Å². The molecule has 208 valence electrons. The molecule has 1 aliphatic rings. The van der Waals surface area contributed by atoms with E-state index in [1.54, 1.807) is 31.0 Å². The Hall–Kier alpha value is -4.37. The van der Waals surface area contributed by atoms with E-state index in [1.807, 2.05) is 0 Å². The van der Waals surface area contributed by atoms with Crippen LogP contribution < -0.4 is 20.9 Å². The third kappa shape index (κ3) is 4.26. The monoisotopic (exact) mass is 575 g/mol. The summed E-state index contributed by atoms with van der Waals surface area (Å²) in [7, 11) is 3.28. The smallest absolute Gasteiger partial charge is 0.417 e. The minimum absolute atomic E-state index is 0.0378. The summed E-state index contributed by atoms with van der Waals surface area (Å²) in [6.07, 6.45) is 1.88. The molecule has 0 radical (unpaired) electrons. The Morgan fingerprint density at radius 3 is 2.65 bits per heavy atom. The van der Waals surface area contributed by atoms with E-state index in [9.17, 15) is 23.1 Å². The van der Waals surface area contributed by atoms with Crippen molar-refractivity contribution >= 4 is 45.7 Å². The third-order valence-electron chi connectivity index (χ3n) is 6.76. The van der Waals surface area contributed by atoms with Gasteiger partial charge in [-0.3, -0.25) is 4.79 Å². The lowest BCUT2D eigenvalue weighted by molar-refractivity contribution is -0.138. The van der Waals surface area contributed by atoms with Gasteiger partial charge in [0, 0.05) is 38.7 Å². The van der Waals surface area contributed by atoms with Gasteiger partial charge in [0.25, 0.3) is 5.56 Å². The van der Waals surface area contributed by atoms with Crippen molar-refractivity contribution in [3.05, 3.63) is 58.0 Å². The predicted molar refractivity (Wildman–Crippen MR) is 139 cm³/mol. The molecule has 1 aliphatic carbocycles. The molecule has 3 N–H and O–H groups in total. The van der Waals surface area contributed by atoms with Crippen molar-refractivity contribution in [1.29, 1.82) is 0 Å². The first-order valence-corrected chi connectivity index (χ1v) is 12.4. The summed E-state index contributed by atoms with van der Waals surface area (Å²) in [5.41, 5.74) is -0.963. The van der Waals surface area contributed by atoms with Crippen molar-refractivity contribution in [2.45, 2.75) is 31.2 Å². The second-order valence-corrected chi connectivity index (χ2v) is 9.67. The van der Waals surface area contributed by atoms with E-state index < -0.39 is 29.4 Å². The first kappa shape index (κ1) is 25.9. The minimum atomic E-state index is -4.70. The van der Waals surface area contributed by atoms with Crippen LogP contribution in [-0.4, -0.2) is 52.0 Å². The highest BCUT2D eigenvalue weighted by molar-refractivity contribution is 6.36. The summed E-state index contributed by atoms with van der Waals surface area (Å²) >= 11 is 6.68. The van der Waals surface area contributed by atoms with E-state index >= 15 is 0 Å². The summed E-state index contributed by atoms with van der Waals surface area (Å²) in [4.78, 5) is 26.0. The zero-order chi connectivity index (χ0) is 28.3. The second kappa shape index (κ2) is 9.38. The van der Waals surface area contributed by atoms with Gasteiger partial charge in [-0.1, -0.05) is 11.6 Å². The van der Waals surface area contributed by atoms with Crippen molar-refractivity contribution in [1.82, 2.24) is 33.7 Å². The van der Waals surface area contributed by atoms with Crippen LogP contribution in [0.15, 0.2) is 41.8 Å². The molecule has 0 saturated heterocycles. The molecule has 0 bridgehead atoms. The Morgan fingerprint density at radius 2 is 1.95 bits per heavy atom. The fourth-order valence-corrected chi connectivity index (χ4v) is 4.91. The molecule has 6 rings (SSSR count). The number of nitrogens with zero attached hydrogens (tertiary/aromatic N) is 7. The average Bonchev–Trinajstić information content (AvgIpc) is 3.45. The van der Waals surface area contributed by atoms with E-state index in [0.717, 1.165) is 16.8 Å². The standard InChI is InChI=1S/C24H21ClF3N9O3/c1-29-20-18-16(9-32-37(18)4-3-30-20)40-15-8-31-21-19(17(15)25)35(2)23(34-21)33-14-5-11(24(26,27)28)10-36(22(14)39)12-6-13(38)7-12/h3-5,8-10,12-13,38H,6-7H2,1-2H3,(H,29,30)(H,31,33,34)/t12-,13-. The molecule has 40 heavy (non-hydrogen) atoms. The maximum atomic E-state index is 13.7. The Labute approximate surface area is 228 Å². The van der Waals surface area contributed by atoms with Gasteiger partial charge in [0.2, 0.25) is 5.95 Å². The van der Waals surface area contributed by atoms with Crippen LogP contribution in [0.4, 0.5) is 30.6 Å². The quantitative estimate of drug-likeness (QED) is 0.273. The number of nitrogens with one attached hydrogen (secondary N) is 2. The van der Waals surface area contributed by atoms with Crippen LogP contribution in [0.25, 0.3) is 16.7 Å². The number of imidazole rings is 1. The van der Waals surface area contributed by atoms with Crippen LogP contribution in [0.2, 0.25) is 5.02 Å². The molecule has 0 aliphatic heterocycles. The van der Waals surface area contributed by atoms with Crippen LogP contribution in [0, 0.1) is 0 Å². The second-order valence-electron chi connectivity index (χ2n) is 9.29. The van der Waals surface area contributed by atoms with E-state index in [2.05, 4.69) is 30.7 Å². The molecular weight excluding hydrogens is 555 g/mol. The minimum Gasteiger partial charge on any atom is -0.450 e. The number of pyridine rings is 2. The molecule has 1 fully saturated rings. The van der Waals surface area contributed by atoms with Gasteiger partial charge < -0.3 is 29.6 Å². The number of aryl methyl sites for hydroxylation is 1. The topological polar surface area (TPSA) is 136 Å². The third-order valence-corrected chi connectivity index (χ3v) is 7.12. The van der Waals surface area contributed by atoms with Crippen molar-refractivity contribution in [3.63, 3.8) is 0 Å². The van der Waals surface area contributed by atoms with Crippen molar-refractivity contribution in [2.24, 2.45) is 7.05 Å². The number of fused-ring (bicyclic) bond motifs is 2. The normalized spacial score (nSPS) is 17.3. The number of hydrogen-bond donors (Lipinski definition) is 3. The number of ether oxygens (including phenoxy) is 1. The SMILES string of the molecule is CNc1nccn2ncc(Oc3cnc4nc(Nc5cc(C(F)(F)F)cn([C@H]6C[C@H](O)C6)c5=O)n(C)c4c3Cl)c12. The Kier molecular flexibility index (Phi) is 6.07. The van der Waals surface area contributed by atoms with Crippen LogP contribution in [0.5, 0.6) is 11.5 Å². The van der Waals surface area contributed by atoms with Crippen LogP contribution >= 0.6 is 11.6 Å². The van der Waals surface area contributed by atoms with Gasteiger partial charge in [-0.25, -0.2) is 14.5 Å². The molecule has 5 heterocycles. The Balaban J connectivity index is 1.38. The largest absolute Gasteiger partial charge is 0.450 e. The lowest BCUT2D eigenvalue weighted by Crippen LogP contribution is -2.37. The van der Waals surface area contributed by atoms with Gasteiger partial charge in [-0.2, -0.15) is 23.3 Å². The summed E-state index contributed by atoms with van der Waals surface area (Å²) < 4.78 is 51.0. The number of anilines is 3. The maximum absolute atomic E-state index is 13.7. The fourth-order valence-electron chi connectivity index (χ4n) is 4.61. The van der Waals surface area contributed by atoms with Gasteiger partial charge in [-0.15, -0.1) is 0 Å². The highest BCUT2D eigenvalue weighted by Crippen LogP contribution is 2.38. The zero-order valence-corrected chi connectivity index (χ0v) is 21.7. The summed E-state index contributed by atoms with van der Waals surface area (Å²) in [5.74, 6) is 1.09. The zero-order valence-electron chi connectivity index (χ0n) is 20.9. The molecule has 0 spiro atoms. The van der Waals surface area contributed by atoms with Gasteiger partial charge in [-0.05, 0) is 18.9 Å². The number of aliphatic hydroxyl groups excluding tert-OH is 1. The van der Waals surface area contributed by atoms with Crippen molar-refractivity contribution < 1.29 is 23.0 Å². The Morgan fingerprint density at radius 1 is 1.18 bits per heavy atom. The molecule has 0 unspecified atom stereocenters. The molecule has 12 nitrogen and oxygen atoms in total. The first-order chi connectivity index (χ1) is 19.0. The van der Waals surface area contributed by atoms with Crippen LogP contribution in [0.1, 0.15) is 24.4 Å². The maximum Gasteiger partial charge on any atom is 0.417 e. The molecule has 0 aromatic carbocycles. The van der Waals surface area contributed by atoms with E-state index in [-0.39, 0.29) is 40.9 Å². The molecule has 0 atom stereocenters. The lowest BCUT2D eigenvalue weighted by Gasteiger charge is -2.33. The molecule has 5 aromatic rings. The number of aromatic nitrogens is 7. The molecule has 16 heteroatoms. The van der Waals surface area contributed by atoms with Gasteiger partial charge in [0.1, 0.15) is 16.2 Å². The van der Waals surface area contributed by atoms with Gasteiger partial charge >= 0.3 is 6.18 Å². The summed E-state index contributed by atoms with van der Waals surface area (Å²) in [6.45, 7) is 0. The van der Waals surface area contributed by atoms with Crippen molar-refractivity contribution in [3.8, 4) is 11.5 Å². The highest BCUT2D eigenvalue weighted by atomic mass is 35.5. The van der Waals surface area contributed by atoms with Gasteiger partial charge in [0.05, 0.1) is 24.1 Å². The average molecular weight is 576 g/mol. The fraction of sp³-hybridized carbons (Fsp3) is 0.292. The van der Waals surface area contributed by atoms with E-state index in [4.69, 9.17) is 16.3 Å².